The highest BCUT2D eigenvalue weighted by atomic mass is 35.5. The van der Waals surface area contributed by atoms with Crippen molar-refractivity contribution in [1.29, 1.82) is 5.26 Å². The molecular formula is C17H9ClN4O2. The van der Waals surface area contributed by atoms with Gasteiger partial charge in [0.05, 0.1) is 28.2 Å². The summed E-state index contributed by atoms with van der Waals surface area (Å²) in [6.45, 7) is 0. The van der Waals surface area contributed by atoms with Crippen LogP contribution in [0.3, 0.4) is 0 Å². The summed E-state index contributed by atoms with van der Waals surface area (Å²) >= 11 is 6.01. The van der Waals surface area contributed by atoms with Crippen LogP contribution in [-0.4, -0.2) is 22.4 Å². The van der Waals surface area contributed by atoms with Crippen LogP contribution in [0.5, 0.6) is 0 Å². The highest BCUT2D eigenvalue weighted by Gasteiger charge is 2.29. The summed E-state index contributed by atoms with van der Waals surface area (Å²) in [5.74, 6) is 0.363. The fourth-order valence-electron chi connectivity index (χ4n) is 2.83. The van der Waals surface area contributed by atoms with Crippen molar-refractivity contribution in [3.63, 3.8) is 0 Å². The molecule has 3 aromatic rings. The van der Waals surface area contributed by atoms with E-state index in [0.717, 1.165) is 0 Å². The van der Waals surface area contributed by atoms with Crippen LogP contribution in [0, 0.1) is 11.3 Å². The molecule has 2 aromatic carbocycles. The number of oxime groups is 1. The number of nitrogens with zero attached hydrogens (tertiary/aromatic N) is 4. The van der Waals surface area contributed by atoms with E-state index in [0.29, 0.717) is 44.3 Å². The maximum atomic E-state index is 12.9. The first kappa shape index (κ1) is 14.4. The zero-order valence-corrected chi connectivity index (χ0v) is 13.2. The number of nitriles is 1. The lowest BCUT2D eigenvalue weighted by molar-refractivity contribution is 0.214. The molecule has 7 heteroatoms. The van der Waals surface area contributed by atoms with E-state index >= 15 is 0 Å². The average molecular weight is 337 g/mol. The molecule has 0 atom stereocenters. The van der Waals surface area contributed by atoms with Crippen molar-refractivity contribution in [2.45, 2.75) is 0 Å². The van der Waals surface area contributed by atoms with Gasteiger partial charge in [-0.3, -0.25) is 9.36 Å². The zero-order valence-electron chi connectivity index (χ0n) is 12.4. The van der Waals surface area contributed by atoms with Gasteiger partial charge < -0.3 is 4.84 Å². The van der Waals surface area contributed by atoms with Crippen molar-refractivity contribution in [2.24, 2.45) is 5.16 Å². The van der Waals surface area contributed by atoms with Crippen LogP contribution in [0.2, 0.25) is 5.02 Å². The first-order chi connectivity index (χ1) is 11.6. The van der Waals surface area contributed by atoms with Crippen LogP contribution in [0.4, 0.5) is 0 Å². The van der Waals surface area contributed by atoms with Gasteiger partial charge >= 0.3 is 0 Å². The second-order valence-electron chi connectivity index (χ2n) is 5.20. The topological polar surface area (TPSA) is 80.3 Å². The Labute approximate surface area is 141 Å². The van der Waals surface area contributed by atoms with Gasteiger partial charge in [0.2, 0.25) is 0 Å². The van der Waals surface area contributed by atoms with E-state index in [1.54, 1.807) is 36.4 Å². The first-order valence-corrected chi connectivity index (χ1v) is 7.40. The summed E-state index contributed by atoms with van der Waals surface area (Å²) < 4.78 is 1.48. The van der Waals surface area contributed by atoms with Crippen molar-refractivity contribution in [3.05, 3.63) is 68.7 Å². The Morgan fingerprint density at radius 1 is 1.29 bits per heavy atom. The summed E-state index contributed by atoms with van der Waals surface area (Å²) in [5, 5.41) is 14.1. The van der Waals surface area contributed by atoms with Gasteiger partial charge in [-0.1, -0.05) is 16.8 Å². The molecule has 1 aliphatic heterocycles. The molecule has 0 bridgehead atoms. The summed E-state index contributed by atoms with van der Waals surface area (Å²) in [4.78, 5) is 22.4. The molecular weight excluding hydrogens is 328 g/mol. The lowest BCUT2D eigenvalue weighted by Gasteiger charge is -2.06. The Morgan fingerprint density at radius 2 is 2.12 bits per heavy atom. The first-order valence-electron chi connectivity index (χ1n) is 7.03. The van der Waals surface area contributed by atoms with Gasteiger partial charge in [0.1, 0.15) is 7.11 Å². The van der Waals surface area contributed by atoms with Gasteiger partial charge in [-0.15, -0.1) is 0 Å². The molecule has 4 rings (SSSR count). The lowest BCUT2D eigenvalue weighted by atomic mass is 10.1. The van der Waals surface area contributed by atoms with Crippen molar-refractivity contribution < 1.29 is 4.84 Å². The third-order valence-electron chi connectivity index (χ3n) is 3.85. The second-order valence-corrected chi connectivity index (χ2v) is 5.64. The molecule has 1 aromatic heterocycles. The number of fused-ring (bicyclic) bond motifs is 4. The highest BCUT2D eigenvalue weighted by molar-refractivity contribution is 6.31. The van der Waals surface area contributed by atoms with Crippen LogP contribution in [0.15, 0.2) is 46.3 Å². The molecule has 0 N–H and O–H groups in total. The maximum Gasteiger partial charge on any atom is 0.266 e. The van der Waals surface area contributed by atoms with Crippen LogP contribution < -0.4 is 5.56 Å². The predicted octanol–water partition coefficient (Wildman–Crippen LogP) is 2.62. The summed E-state index contributed by atoms with van der Waals surface area (Å²) in [6.07, 6.45) is 0. The second kappa shape index (κ2) is 5.18. The molecule has 0 saturated heterocycles. The molecule has 0 amide bonds. The molecule has 0 saturated carbocycles. The Bertz CT molecular complexity index is 1140. The van der Waals surface area contributed by atoms with Crippen LogP contribution in [-0.2, 0) is 4.84 Å². The van der Waals surface area contributed by atoms with Gasteiger partial charge in [0.15, 0.2) is 11.5 Å². The number of aromatic nitrogens is 2. The molecule has 0 unspecified atom stereocenters. The van der Waals surface area contributed by atoms with Crippen LogP contribution in [0.25, 0.3) is 16.6 Å². The minimum absolute atomic E-state index is 0.223. The Kier molecular flexibility index (Phi) is 3.12. The van der Waals surface area contributed by atoms with Crippen molar-refractivity contribution in [3.8, 4) is 11.8 Å². The molecule has 2 heterocycles. The normalized spacial score (nSPS) is 13.6. The van der Waals surface area contributed by atoms with Gasteiger partial charge in [-0.2, -0.15) is 5.26 Å². The fraction of sp³-hybridized carbons (Fsp3) is 0.0588. The third-order valence-corrected chi connectivity index (χ3v) is 4.08. The molecule has 6 nitrogen and oxygen atoms in total. The van der Waals surface area contributed by atoms with E-state index in [-0.39, 0.29) is 5.56 Å². The number of halogens is 1. The largest absolute Gasteiger partial charge is 0.399 e. The SMILES string of the molecule is CO/N=C1\c2cc(C#N)ccc2-n2c1nc1cc(Cl)ccc1c2=O. The van der Waals surface area contributed by atoms with Crippen LogP contribution >= 0.6 is 11.6 Å². The fourth-order valence-corrected chi connectivity index (χ4v) is 3.00. The Morgan fingerprint density at radius 3 is 2.88 bits per heavy atom. The molecule has 24 heavy (non-hydrogen) atoms. The minimum atomic E-state index is -0.223. The predicted molar refractivity (Wildman–Crippen MR) is 89.7 cm³/mol. The van der Waals surface area contributed by atoms with E-state index in [1.165, 1.54) is 11.7 Å². The van der Waals surface area contributed by atoms with E-state index in [4.69, 9.17) is 21.7 Å². The average Bonchev–Trinajstić information content (AvgIpc) is 2.88. The molecule has 116 valence electrons. The molecule has 0 radical (unpaired) electrons. The standard InChI is InChI=1S/C17H9ClN4O2/c1-24-21-15-12-6-9(8-19)2-5-14(12)22-16(15)20-13-7-10(18)3-4-11(13)17(22)23/h2-7H,1H3/b21-15+. The quantitative estimate of drug-likeness (QED) is 0.500. The molecule has 0 fully saturated rings. The van der Waals surface area contributed by atoms with E-state index < -0.39 is 0 Å². The lowest BCUT2D eigenvalue weighted by Crippen LogP contribution is -2.21. The smallest absolute Gasteiger partial charge is 0.266 e. The van der Waals surface area contributed by atoms with Gasteiger partial charge in [-0.05, 0) is 36.4 Å². The number of benzene rings is 2. The van der Waals surface area contributed by atoms with Crippen LogP contribution in [0.1, 0.15) is 17.0 Å². The third kappa shape index (κ3) is 1.92. The van der Waals surface area contributed by atoms with Crippen molar-refractivity contribution >= 4 is 28.2 Å². The summed E-state index contributed by atoms with van der Waals surface area (Å²) in [5.41, 5.74) is 2.38. The Balaban J connectivity index is 2.15. The zero-order chi connectivity index (χ0) is 16.8. The highest BCUT2D eigenvalue weighted by Crippen LogP contribution is 2.28. The molecule has 0 aliphatic carbocycles. The number of rotatable bonds is 1. The van der Waals surface area contributed by atoms with E-state index in [2.05, 4.69) is 16.2 Å². The van der Waals surface area contributed by atoms with Crippen molar-refractivity contribution in [2.75, 3.05) is 7.11 Å². The number of hydrogen-bond donors (Lipinski definition) is 0. The van der Waals surface area contributed by atoms with Gasteiger partial charge in [0.25, 0.3) is 5.56 Å². The maximum absolute atomic E-state index is 12.9. The van der Waals surface area contributed by atoms with Crippen molar-refractivity contribution in [1.82, 2.24) is 9.55 Å². The summed E-state index contributed by atoms with van der Waals surface area (Å²) in [6, 6.07) is 12.0. The molecule has 0 spiro atoms. The van der Waals surface area contributed by atoms with Gasteiger partial charge in [-0.25, -0.2) is 4.98 Å². The number of hydrogen-bond acceptors (Lipinski definition) is 5. The monoisotopic (exact) mass is 336 g/mol. The van der Waals surface area contributed by atoms with E-state index in [9.17, 15) is 4.79 Å². The van der Waals surface area contributed by atoms with Gasteiger partial charge in [0, 0.05) is 10.6 Å². The molecule has 1 aliphatic rings. The van der Waals surface area contributed by atoms with E-state index in [1.807, 2.05) is 0 Å². The minimum Gasteiger partial charge on any atom is -0.399 e. The Hall–Kier alpha value is -3.17. The summed E-state index contributed by atoms with van der Waals surface area (Å²) in [7, 11) is 1.42.